The van der Waals surface area contributed by atoms with E-state index in [1.807, 2.05) is 26.0 Å². The van der Waals surface area contributed by atoms with Crippen molar-refractivity contribution < 1.29 is 9.53 Å². The molecule has 124 valence electrons. The molecule has 1 fully saturated rings. The molecular formula is C16H18BClN4O2. The normalized spacial score (nSPS) is 17.3. The molecular weight excluding hydrogens is 326 g/mol. The Labute approximate surface area is 146 Å². The standard InChI is InChI=1S/C16H18BClN4O2/c17-12-7-10(14-9-19-5-6-24-14)1-3-13(12)22-16(23)21-11-2-4-15(18)20-8-11/h1-4,7-8,14,19H,5-6,9,17H2,(H2,21,22,23). The maximum atomic E-state index is 12.1. The molecule has 24 heavy (non-hydrogen) atoms. The van der Waals surface area contributed by atoms with Crippen LogP contribution in [0.2, 0.25) is 5.15 Å². The Balaban J connectivity index is 1.64. The molecule has 6 nitrogen and oxygen atoms in total. The van der Waals surface area contributed by atoms with Crippen molar-refractivity contribution in [2.75, 3.05) is 30.3 Å². The lowest BCUT2D eigenvalue weighted by Crippen LogP contribution is -2.33. The smallest absolute Gasteiger partial charge is 0.323 e. The Hall–Kier alpha value is -2.09. The zero-order valence-corrected chi connectivity index (χ0v) is 14.1. The molecule has 1 unspecified atom stereocenters. The van der Waals surface area contributed by atoms with Crippen LogP contribution in [0.4, 0.5) is 16.2 Å². The fourth-order valence-electron chi connectivity index (χ4n) is 2.54. The summed E-state index contributed by atoms with van der Waals surface area (Å²) in [4.78, 5) is 16.0. The maximum Gasteiger partial charge on any atom is 0.323 e. The Morgan fingerprint density at radius 2 is 2.21 bits per heavy atom. The quantitative estimate of drug-likeness (QED) is 0.579. The fraction of sp³-hybridized carbons (Fsp3) is 0.250. The van der Waals surface area contributed by atoms with Gasteiger partial charge in [-0.15, -0.1) is 0 Å². The third-order valence-electron chi connectivity index (χ3n) is 3.78. The van der Waals surface area contributed by atoms with Gasteiger partial charge in [-0.1, -0.05) is 29.2 Å². The number of halogens is 1. The summed E-state index contributed by atoms with van der Waals surface area (Å²) in [5, 5.41) is 9.25. The van der Waals surface area contributed by atoms with Crippen LogP contribution in [0.15, 0.2) is 36.5 Å². The third kappa shape index (κ3) is 4.26. The van der Waals surface area contributed by atoms with Gasteiger partial charge >= 0.3 is 6.03 Å². The first-order chi connectivity index (χ1) is 11.6. The number of pyridine rings is 1. The fourth-order valence-corrected chi connectivity index (χ4v) is 2.65. The lowest BCUT2D eigenvalue weighted by Gasteiger charge is -2.24. The number of benzene rings is 1. The minimum atomic E-state index is -0.328. The van der Waals surface area contributed by atoms with Crippen LogP contribution < -0.4 is 21.4 Å². The lowest BCUT2D eigenvalue weighted by molar-refractivity contribution is 0.0277. The second kappa shape index (κ2) is 7.66. The van der Waals surface area contributed by atoms with Crippen molar-refractivity contribution in [3.63, 3.8) is 0 Å². The molecule has 1 atom stereocenters. The number of carbonyl (C=O) groups is 1. The van der Waals surface area contributed by atoms with E-state index < -0.39 is 0 Å². The number of hydrogen-bond donors (Lipinski definition) is 3. The van der Waals surface area contributed by atoms with Crippen LogP contribution in [0.25, 0.3) is 0 Å². The average Bonchev–Trinajstić information content (AvgIpc) is 2.59. The summed E-state index contributed by atoms with van der Waals surface area (Å²) in [5.41, 5.74) is 3.41. The molecule has 1 aliphatic heterocycles. The van der Waals surface area contributed by atoms with Gasteiger partial charge in [0.15, 0.2) is 0 Å². The van der Waals surface area contributed by atoms with E-state index in [9.17, 15) is 4.79 Å². The zero-order valence-electron chi connectivity index (χ0n) is 13.3. The molecule has 0 radical (unpaired) electrons. The van der Waals surface area contributed by atoms with Crippen molar-refractivity contribution in [2.45, 2.75) is 6.10 Å². The largest absolute Gasteiger partial charge is 0.371 e. The SMILES string of the molecule is Bc1cc(C2CNCCO2)ccc1NC(=O)Nc1ccc(Cl)nc1. The minimum Gasteiger partial charge on any atom is -0.371 e. The molecule has 2 amide bonds. The number of rotatable bonds is 3. The highest BCUT2D eigenvalue weighted by molar-refractivity contribution is 6.36. The summed E-state index contributed by atoms with van der Waals surface area (Å²) in [6.07, 6.45) is 1.56. The van der Waals surface area contributed by atoms with E-state index >= 15 is 0 Å². The molecule has 1 saturated heterocycles. The van der Waals surface area contributed by atoms with E-state index in [1.165, 1.54) is 6.20 Å². The predicted molar refractivity (Wildman–Crippen MR) is 98.1 cm³/mol. The Bertz CT molecular complexity index is 721. The summed E-state index contributed by atoms with van der Waals surface area (Å²) in [5.74, 6) is 0. The Morgan fingerprint density at radius 3 is 2.88 bits per heavy atom. The first-order valence-corrected chi connectivity index (χ1v) is 8.12. The highest BCUT2D eigenvalue weighted by Crippen LogP contribution is 2.19. The van der Waals surface area contributed by atoms with Crippen LogP contribution in [0, 0.1) is 0 Å². The topological polar surface area (TPSA) is 75.3 Å². The number of hydrogen-bond acceptors (Lipinski definition) is 4. The van der Waals surface area contributed by atoms with E-state index in [-0.39, 0.29) is 12.1 Å². The van der Waals surface area contributed by atoms with Crippen molar-refractivity contribution >= 4 is 42.3 Å². The van der Waals surface area contributed by atoms with Crippen molar-refractivity contribution in [2.24, 2.45) is 0 Å². The lowest BCUT2D eigenvalue weighted by atomic mass is 9.90. The summed E-state index contributed by atoms with van der Waals surface area (Å²) in [7, 11) is 1.96. The molecule has 1 aliphatic rings. The molecule has 1 aromatic heterocycles. The number of ether oxygens (including phenoxy) is 1. The van der Waals surface area contributed by atoms with Gasteiger partial charge in [0, 0.05) is 18.8 Å². The Kier molecular flexibility index (Phi) is 5.35. The zero-order chi connectivity index (χ0) is 16.9. The number of nitrogens with one attached hydrogen (secondary N) is 3. The van der Waals surface area contributed by atoms with Gasteiger partial charge in [-0.3, -0.25) is 0 Å². The highest BCUT2D eigenvalue weighted by Gasteiger charge is 2.16. The number of amides is 2. The molecule has 2 heterocycles. The molecule has 0 saturated carbocycles. The highest BCUT2D eigenvalue weighted by atomic mass is 35.5. The second-order valence-electron chi connectivity index (χ2n) is 5.59. The van der Waals surface area contributed by atoms with Crippen molar-refractivity contribution in [3.05, 3.63) is 47.2 Å². The molecule has 8 heteroatoms. The van der Waals surface area contributed by atoms with Gasteiger partial charge < -0.3 is 20.7 Å². The maximum absolute atomic E-state index is 12.1. The molecule has 2 aromatic rings. The molecule has 3 rings (SSSR count). The second-order valence-corrected chi connectivity index (χ2v) is 5.97. The van der Waals surface area contributed by atoms with E-state index in [4.69, 9.17) is 16.3 Å². The summed E-state index contributed by atoms with van der Waals surface area (Å²) < 4.78 is 5.75. The summed E-state index contributed by atoms with van der Waals surface area (Å²) in [6, 6.07) is 8.89. The van der Waals surface area contributed by atoms with E-state index in [0.717, 1.165) is 29.8 Å². The van der Waals surface area contributed by atoms with Crippen LogP contribution in [-0.2, 0) is 4.74 Å². The van der Waals surface area contributed by atoms with Gasteiger partial charge in [0.05, 0.1) is 24.6 Å². The van der Waals surface area contributed by atoms with Crippen molar-refractivity contribution in [3.8, 4) is 0 Å². The number of carbonyl (C=O) groups excluding carboxylic acids is 1. The van der Waals surface area contributed by atoms with E-state index in [0.29, 0.717) is 17.4 Å². The first-order valence-electron chi connectivity index (χ1n) is 7.74. The van der Waals surface area contributed by atoms with Crippen LogP contribution in [0.5, 0.6) is 0 Å². The Morgan fingerprint density at radius 1 is 1.33 bits per heavy atom. The van der Waals surface area contributed by atoms with Crippen LogP contribution in [-0.4, -0.2) is 38.6 Å². The first kappa shape index (κ1) is 16.8. The van der Waals surface area contributed by atoms with E-state index in [1.54, 1.807) is 12.1 Å². The molecule has 1 aromatic carbocycles. The van der Waals surface area contributed by atoms with Crippen LogP contribution in [0.3, 0.4) is 0 Å². The van der Waals surface area contributed by atoms with Gasteiger partial charge in [0.1, 0.15) is 13.0 Å². The van der Waals surface area contributed by atoms with Gasteiger partial charge in [0.25, 0.3) is 0 Å². The van der Waals surface area contributed by atoms with Gasteiger partial charge in [-0.2, -0.15) is 0 Å². The minimum absolute atomic E-state index is 0.0560. The predicted octanol–water partition coefficient (Wildman–Crippen LogP) is 1.30. The summed E-state index contributed by atoms with van der Waals surface area (Å²) in [6.45, 7) is 2.40. The van der Waals surface area contributed by atoms with Gasteiger partial charge in [-0.05, 0) is 23.8 Å². The third-order valence-corrected chi connectivity index (χ3v) is 4.01. The average molecular weight is 345 g/mol. The molecule has 0 spiro atoms. The number of morpholine rings is 1. The van der Waals surface area contributed by atoms with Gasteiger partial charge in [-0.25, -0.2) is 9.78 Å². The molecule has 0 aliphatic carbocycles. The number of nitrogens with zero attached hydrogens (tertiary/aromatic N) is 1. The number of aromatic nitrogens is 1. The number of anilines is 2. The monoisotopic (exact) mass is 344 g/mol. The molecule has 3 N–H and O–H groups in total. The van der Waals surface area contributed by atoms with Gasteiger partial charge in [0.2, 0.25) is 0 Å². The van der Waals surface area contributed by atoms with Crippen LogP contribution >= 0.6 is 11.6 Å². The van der Waals surface area contributed by atoms with Crippen molar-refractivity contribution in [1.82, 2.24) is 10.3 Å². The van der Waals surface area contributed by atoms with E-state index in [2.05, 4.69) is 20.9 Å². The van der Waals surface area contributed by atoms with Crippen LogP contribution in [0.1, 0.15) is 11.7 Å². The number of urea groups is 1. The summed E-state index contributed by atoms with van der Waals surface area (Å²) >= 11 is 5.72. The molecule has 0 bridgehead atoms. The van der Waals surface area contributed by atoms with Crippen molar-refractivity contribution in [1.29, 1.82) is 0 Å².